The van der Waals surface area contributed by atoms with Crippen molar-refractivity contribution in [1.82, 2.24) is 19.2 Å². The van der Waals surface area contributed by atoms with Crippen molar-refractivity contribution < 1.29 is 21.9 Å². The fraction of sp³-hybridized carbons (Fsp3) is 0.667. The summed E-state index contributed by atoms with van der Waals surface area (Å²) in [6.07, 6.45) is 1.90. The molecule has 1 aromatic carbocycles. The van der Waals surface area contributed by atoms with Crippen molar-refractivity contribution in [3.05, 3.63) is 23.9 Å². The SMILES string of the molecule is COCCN1CCN(c2cc(C(F)F)cc3cnc(NC4CCN(S(=O)(=O)C5CC5)CC4)nc23)CC1. The number of anilines is 2. The zero-order valence-corrected chi connectivity index (χ0v) is 21.4. The van der Waals surface area contributed by atoms with Gasteiger partial charge in [0.1, 0.15) is 0 Å². The molecule has 5 rings (SSSR count). The Hall–Kier alpha value is -2.15. The highest BCUT2D eigenvalue weighted by Crippen LogP contribution is 2.34. The second-order valence-electron chi connectivity index (χ2n) is 9.86. The molecule has 12 heteroatoms. The summed E-state index contributed by atoms with van der Waals surface area (Å²) in [4.78, 5) is 13.6. The minimum Gasteiger partial charge on any atom is -0.383 e. The number of alkyl halides is 2. The molecule has 1 saturated carbocycles. The highest BCUT2D eigenvalue weighted by Gasteiger charge is 2.41. The van der Waals surface area contributed by atoms with Crippen LogP contribution in [0.4, 0.5) is 20.4 Å². The third-order valence-corrected chi connectivity index (χ3v) is 9.75. The zero-order chi connectivity index (χ0) is 25.3. The maximum absolute atomic E-state index is 13.7. The van der Waals surface area contributed by atoms with Crippen molar-refractivity contribution in [3.8, 4) is 0 Å². The molecule has 1 aromatic heterocycles. The Morgan fingerprint density at radius 2 is 1.81 bits per heavy atom. The van der Waals surface area contributed by atoms with E-state index in [1.54, 1.807) is 23.7 Å². The first kappa shape index (κ1) is 25.5. The van der Waals surface area contributed by atoms with Crippen LogP contribution < -0.4 is 10.2 Å². The van der Waals surface area contributed by atoms with E-state index in [4.69, 9.17) is 9.72 Å². The Kier molecular flexibility index (Phi) is 7.57. The van der Waals surface area contributed by atoms with E-state index in [1.807, 2.05) is 0 Å². The molecule has 2 aromatic rings. The Labute approximate surface area is 210 Å². The highest BCUT2D eigenvalue weighted by atomic mass is 32.2. The lowest BCUT2D eigenvalue weighted by Crippen LogP contribution is -2.47. The van der Waals surface area contributed by atoms with E-state index in [1.165, 1.54) is 6.07 Å². The second kappa shape index (κ2) is 10.7. The maximum atomic E-state index is 13.7. The zero-order valence-electron chi connectivity index (χ0n) is 20.6. The summed E-state index contributed by atoms with van der Waals surface area (Å²) in [5, 5.41) is 3.75. The van der Waals surface area contributed by atoms with E-state index in [2.05, 4.69) is 20.1 Å². The van der Waals surface area contributed by atoms with Crippen LogP contribution in [0.2, 0.25) is 0 Å². The number of methoxy groups -OCH3 is 1. The van der Waals surface area contributed by atoms with Gasteiger partial charge in [0, 0.05) is 76.1 Å². The van der Waals surface area contributed by atoms with Gasteiger partial charge in [-0.2, -0.15) is 0 Å². The quantitative estimate of drug-likeness (QED) is 0.536. The predicted octanol–water partition coefficient (Wildman–Crippen LogP) is 2.70. The Morgan fingerprint density at radius 3 is 2.44 bits per heavy atom. The highest BCUT2D eigenvalue weighted by molar-refractivity contribution is 7.90. The summed E-state index contributed by atoms with van der Waals surface area (Å²) < 4.78 is 59.1. The molecule has 36 heavy (non-hydrogen) atoms. The van der Waals surface area contributed by atoms with Crippen LogP contribution in [0.25, 0.3) is 10.9 Å². The van der Waals surface area contributed by atoms with E-state index in [0.717, 1.165) is 32.5 Å². The molecule has 9 nitrogen and oxygen atoms in total. The van der Waals surface area contributed by atoms with Crippen LogP contribution in [0.1, 0.15) is 37.7 Å². The van der Waals surface area contributed by atoms with Crippen LogP contribution in [-0.2, 0) is 14.8 Å². The fourth-order valence-corrected chi connectivity index (χ4v) is 6.91. The summed E-state index contributed by atoms with van der Waals surface area (Å²) in [5.74, 6) is 0.441. The molecule has 2 saturated heterocycles. The molecule has 2 aliphatic heterocycles. The topological polar surface area (TPSA) is 90.9 Å². The van der Waals surface area contributed by atoms with E-state index < -0.39 is 16.4 Å². The Balaban J connectivity index is 1.31. The molecule has 3 fully saturated rings. The molecule has 0 unspecified atom stereocenters. The summed E-state index contributed by atoms with van der Waals surface area (Å²) >= 11 is 0. The lowest BCUT2D eigenvalue weighted by atomic mass is 10.1. The number of nitrogens with one attached hydrogen (secondary N) is 1. The molecule has 3 heterocycles. The van der Waals surface area contributed by atoms with Crippen molar-refractivity contribution in [1.29, 1.82) is 0 Å². The van der Waals surface area contributed by atoms with Crippen molar-refractivity contribution in [2.24, 2.45) is 0 Å². The summed E-state index contributed by atoms with van der Waals surface area (Å²) in [6, 6.07) is 3.07. The number of sulfonamides is 1. The third-order valence-electron chi connectivity index (χ3n) is 7.35. The van der Waals surface area contributed by atoms with Crippen molar-refractivity contribution >= 4 is 32.6 Å². The Bertz CT molecular complexity index is 1160. The largest absolute Gasteiger partial charge is 0.383 e. The van der Waals surface area contributed by atoms with E-state index in [-0.39, 0.29) is 16.9 Å². The number of hydrogen-bond acceptors (Lipinski definition) is 8. The number of aromatic nitrogens is 2. The van der Waals surface area contributed by atoms with Gasteiger partial charge >= 0.3 is 0 Å². The molecule has 3 aliphatic rings. The van der Waals surface area contributed by atoms with Gasteiger partial charge in [0.05, 0.1) is 23.1 Å². The minimum atomic E-state index is -3.16. The molecule has 0 bridgehead atoms. The second-order valence-corrected chi connectivity index (χ2v) is 12.1. The van der Waals surface area contributed by atoms with E-state index >= 15 is 0 Å². The molecular formula is C24H34F2N6O3S. The van der Waals surface area contributed by atoms with Crippen molar-refractivity contribution in [2.75, 3.05) is 69.7 Å². The average molecular weight is 525 g/mol. The first-order valence-electron chi connectivity index (χ1n) is 12.7. The first-order valence-corrected chi connectivity index (χ1v) is 14.2. The number of hydrogen-bond donors (Lipinski definition) is 1. The predicted molar refractivity (Wildman–Crippen MR) is 135 cm³/mol. The van der Waals surface area contributed by atoms with Crippen molar-refractivity contribution in [2.45, 2.75) is 43.4 Å². The van der Waals surface area contributed by atoms with Gasteiger partial charge in [-0.05, 0) is 37.8 Å². The monoisotopic (exact) mass is 524 g/mol. The van der Waals surface area contributed by atoms with Crippen LogP contribution in [0.15, 0.2) is 18.3 Å². The van der Waals surface area contributed by atoms with Gasteiger partial charge in [0.15, 0.2) is 0 Å². The maximum Gasteiger partial charge on any atom is 0.263 e. The number of nitrogens with zero attached hydrogens (tertiary/aromatic N) is 5. The average Bonchev–Trinajstić information content (AvgIpc) is 3.74. The molecule has 0 spiro atoms. The number of fused-ring (bicyclic) bond motifs is 1. The van der Waals surface area contributed by atoms with Gasteiger partial charge < -0.3 is 15.0 Å². The van der Waals surface area contributed by atoms with Gasteiger partial charge in [-0.15, -0.1) is 0 Å². The summed E-state index contributed by atoms with van der Waals surface area (Å²) in [5.41, 5.74) is 1.31. The van der Waals surface area contributed by atoms with E-state index in [9.17, 15) is 17.2 Å². The first-order chi connectivity index (χ1) is 17.3. The number of ether oxygens (including phenoxy) is 1. The summed E-state index contributed by atoms with van der Waals surface area (Å²) in [7, 11) is -1.47. The van der Waals surface area contributed by atoms with Crippen LogP contribution in [0.3, 0.4) is 0 Å². The number of benzene rings is 1. The van der Waals surface area contributed by atoms with Crippen LogP contribution >= 0.6 is 0 Å². The minimum absolute atomic E-state index is 0.0344. The number of piperidine rings is 1. The lowest BCUT2D eigenvalue weighted by Gasteiger charge is -2.36. The molecule has 1 aliphatic carbocycles. The molecule has 1 N–H and O–H groups in total. The molecule has 0 radical (unpaired) electrons. The van der Waals surface area contributed by atoms with Gasteiger partial charge in [0.25, 0.3) is 6.43 Å². The smallest absolute Gasteiger partial charge is 0.263 e. The Morgan fingerprint density at radius 1 is 1.08 bits per heavy atom. The fourth-order valence-electron chi connectivity index (χ4n) is 5.03. The van der Waals surface area contributed by atoms with Crippen molar-refractivity contribution in [3.63, 3.8) is 0 Å². The normalized spacial score (nSPS) is 20.9. The van der Waals surface area contributed by atoms with Crippen LogP contribution in [0.5, 0.6) is 0 Å². The van der Waals surface area contributed by atoms with Crippen LogP contribution in [0, 0.1) is 0 Å². The molecule has 0 atom stereocenters. The molecule has 0 amide bonds. The lowest BCUT2D eigenvalue weighted by molar-refractivity contribution is 0.144. The number of rotatable bonds is 9. The van der Waals surface area contributed by atoms with Gasteiger partial charge in [-0.1, -0.05) is 0 Å². The van der Waals surface area contributed by atoms with Gasteiger partial charge in [0.2, 0.25) is 16.0 Å². The third kappa shape index (κ3) is 5.56. The van der Waals surface area contributed by atoms with Gasteiger partial charge in [-0.25, -0.2) is 31.5 Å². The number of piperazine rings is 1. The standard InChI is InChI=1S/C24H34F2N6O3S/c1-35-13-12-30-8-10-31(11-9-30)21-15-17(23(25)26)14-18-16-27-24(29-22(18)21)28-19-4-6-32(7-5-19)36(33,34)20-2-3-20/h14-16,19-20,23H,2-13H2,1H3,(H,27,28,29). The number of halogens is 2. The molecular weight excluding hydrogens is 490 g/mol. The van der Waals surface area contributed by atoms with Gasteiger partial charge in [-0.3, -0.25) is 4.90 Å². The van der Waals surface area contributed by atoms with E-state index in [0.29, 0.717) is 68.2 Å². The molecule has 198 valence electrons. The summed E-state index contributed by atoms with van der Waals surface area (Å²) in [6.45, 7) is 5.56. The van der Waals surface area contributed by atoms with Crippen LogP contribution in [-0.4, -0.2) is 98.4 Å².